The minimum Gasteiger partial charge on any atom is -0.493 e. The molecule has 0 heterocycles. The molecule has 1 aromatic rings. The Hall–Kier alpha value is -1.75. The smallest absolute Gasteiger partial charge is 0.325 e. The SMILES string of the molecule is CCCCCOc1ccc(C(N)C(=O)O)cc1OC. The van der Waals surface area contributed by atoms with Crippen molar-refractivity contribution in [3.8, 4) is 11.5 Å². The van der Waals surface area contributed by atoms with Gasteiger partial charge in [0, 0.05) is 0 Å². The summed E-state index contributed by atoms with van der Waals surface area (Å²) in [4.78, 5) is 10.8. The zero-order valence-corrected chi connectivity index (χ0v) is 11.4. The summed E-state index contributed by atoms with van der Waals surface area (Å²) < 4.78 is 10.8. The summed E-state index contributed by atoms with van der Waals surface area (Å²) in [7, 11) is 1.52. The number of benzene rings is 1. The maximum Gasteiger partial charge on any atom is 0.325 e. The van der Waals surface area contributed by atoms with Gasteiger partial charge >= 0.3 is 5.97 Å². The number of unbranched alkanes of at least 4 members (excludes halogenated alkanes) is 2. The van der Waals surface area contributed by atoms with Gasteiger partial charge in [0.15, 0.2) is 11.5 Å². The van der Waals surface area contributed by atoms with Gasteiger partial charge in [-0.15, -0.1) is 0 Å². The monoisotopic (exact) mass is 267 g/mol. The molecule has 0 aliphatic heterocycles. The molecule has 5 nitrogen and oxygen atoms in total. The van der Waals surface area contributed by atoms with Gasteiger partial charge in [0.2, 0.25) is 0 Å². The average Bonchev–Trinajstić information content (AvgIpc) is 2.42. The predicted molar refractivity (Wildman–Crippen MR) is 72.6 cm³/mol. The molecule has 0 fully saturated rings. The number of carboxylic acid groups (broad SMARTS) is 1. The van der Waals surface area contributed by atoms with Crippen LogP contribution in [-0.4, -0.2) is 24.8 Å². The third-order valence-electron chi connectivity index (χ3n) is 2.82. The van der Waals surface area contributed by atoms with Crippen molar-refractivity contribution < 1.29 is 19.4 Å². The molecule has 0 amide bonds. The normalized spacial score (nSPS) is 11.9. The van der Waals surface area contributed by atoms with E-state index in [0.29, 0.717) is 23.7 Å². The van der Waals surface area contributed by atoms with Crippen LogP contribution in [0.25, 0.3) is 0 Å². The van der Waals surface area contributed by atoms with E-state index < -0.39 is 12.0 Å². The number of nitrogens with two attached hydrogens (primary N) is 1. The fourth-order valence-corrected chi connectivity index (χ4v) is 1.67. The minimum absolute atomic E-state index is 0.491. The van der Waals surface area contributed by atoms with E-state index in [1.165, 1.54) is 7.11 Å². The molecule has 0 bridgehead atoms. The second-order valence-corrected chi connectivity index (χ2v) is 4.28. The van der Waals surface area contributed by atoms with Crippen LogP contribution in [0.3, 0.4) is 0 Å². The van der Waals surface area contributed by atoms with Crippen LogP contribution in [0.2, 0.25) is 0 Å². The lowest BCUT2D eigenvalue weighted by Gasteiger charge is -2.13. The first kappa shape index (κ1) is 15.3. The average molecular weight is 267 g/mol. The number of methoxy groups -OCH3 is 1. The Labute approximate surface area is 113 Å². The summed E-state index contributed by atoms with van der Waals surface area (Å²) >= 11 is 0. The molecular weight excluding hydrogens is 246 g/mol. The molecule has 0 saturated carbocycles. The number of aliphatic carboxylic acids is 1. The molecule has 5 heteroatoms. The Morgan fingerprint density at radius 2 is 2.11 bits per heavy atom. The lowest BCUT2D eigenvalue weighted by molar-refractivity contribution is -0.138. The molecule has 3 N–H and O–H groups in total. The van der Waals surface area contributed by atoms with Crippen molar-refractivity contribution in [3.63, 3.8) is 0 Å². The van der Waals surface area contributed by atoms with E-state index in [1.807, 2.05) is 0 Å². The molecule has 1 aromatic carbocycles. The number of hydrogen-bond acceptors (Lipinski definition) is 4. The van der Waals surface area contributed by atoms with Gasteiger partial charge < -0.3 is 20.3 Å². The molecule has 1 atom stereocenters. The van der Waals surface area contributed by atoms with Crippen LogP contribution in [0.15, 0.2) is 18.2 Å². The first-order valence-electron chi connectivity index (χ1n) is 6.39. The van der Waals surface area contributed by atoms with Gasteiger partial charge in [0.25, 0.3) is 0 Å². The number of carbonyl (C=O) groups is 1. The van der Waals surface area contributed by atoms with E-state index in [9.17, 15) is 4.79 Å². The quantitative estimate of drug-likeness (QED) is 0.706. The molecule has 106 valence electrons. The standard InChI is InChI=1S/C14H21NO4/c1-3-4-5-8-19-11-7-6-10(9-12(11)18-2)13(15)14(16)17/h6-7,9,13H,3-5,8,15H2,1-2H3,(H,16,17). The zero-order valence-electron chi connectivity index (χ0n) is 11.4. The second kappa shape index (κ2) is 7.63. The molecule has 19 heavy (non-hydrogen) atoms. The third kappa shape index (κ3) is 4.44. The number of rotatable bonds is 8. The first-order chi connectivity index (χ1) is 9.10. The van der Waals surface area contributed by atoms with E-state index >= 15 is 0 Å². The summed E-state index contributed by atoms with van der Waals surface area (Å²) in [5.74, 6) is 0.0457. The van der Waals surface area contributed by atoms with E-state index in [4.69, 9.17) is 20.3 Å². The van der Waals surface area contributed by atoms with Gasteiger partial charge in [-0.05, 0) is 24.1 Å². The van der Waals surface area contributed by atoms with Crippen LogP contribution < -0.4 is 15.2 Å². The van der Waals surface area contributed by atoms with Crippen LogP contribution in [-0.2, 0) is 4.79 Å². The molecule has 1 rings (SSSR count). The maximum absolute atomic E-state index is 10.8. The van der Waals surface area contributed by atoms with Crippen molar-refractivity contribution >= 4 is 5.97 Å². The van der Waals surface area contributed by atoms with Crippen LogP contribution in [0.4, 0.5) is 0 Å². The van der Waals surface area contributed by atoms with Gasteiger partial charge in [0.1, 0.15) is 6.04 Å². The highest BCUT2D eigenvalue weighted by atomic mass is 16.5. The molecule has 0 aliphatic carbocycles. The molecule has 0 saturated heterocycles. The van der Waals surface area contributed by atoms with Crippen molar-refractivity contribution in [2.75, 3.05) is 13.7 Å². The summed E-state index contributed by atoms with van der Waals surface area (Å²) in [6.45, 7) is 2.75. The lowest BCUT2D eigenvalue weighted by atomic mass is 10.1. The van der Waals surface area contributed by atoms with Crippen molar-refractivity contribution in [2.45, 2.75) is 32.2 Å². The van der Waals surface area contributed by atoms with Gasteiger partial charge in [-0.1, -0.05) is 25.8 Å². The molecule has 0 aliphatic rings. The van der Waals surface area contributed by atoms with Gasteiger partial charge in [-0.2, -0.15) is 0 Å². The molecule has 0 aromatic heterocycles. The summed E-state index contributed by atoms with van der Waals surface area (Å²) in [6.07, 6.45) is 3.23. The fourth-order valence-electron chi connectivity index (χ4n) is 1.67. The summed E-state index contributed by atoms with van der Waals surface area (Å²) in [5, 5.41) is 8.87. The predicted octanol–water partition coefficient (Wildman–Crippen LogP) is 2.35. The first-order valence-corrected chi connectivity index (χ1v) is 6.39. The van der Waals surface area contributed by atoms with Gasteiger partial charge in [0.05, 0.1) is 13.7 Å². The Morgan fingerprint density at radius 1 is 1.37 bits per heavy atom. The van der Waals surface area contributed by atoms with E-state index in [1.54, 1.807) is 18.2 Å². The van der Waals surface area contributed by atoms with Crippen molar-refractivity contribution in [1.82, 2.24) is 0 Å². The largest absolute Gasteiger partial charge is 0.493 e. The molecular formula is C14H21NO4. The van der Waals surface area contributed by atoms with E-state index in [2.05, 4.69) is 6.92 Å². The van der Waals surface area contributed by atoms with E-state index in [-0.39, 0.29) is 0 Å². The Kier molecular flexibility index (Phi) is 6.15. The molecule has 1 unspecified atom stereocenters. The van der Waals surface area contributed by atoms with E-state index in [0.717, 1.165) is 19.3 Å². The zero-order chi connectivity index (χ0) is 14.3. The Balaban J connectivity index is 2.75. The summed E-state index contributed by atoms with van der Waals surface area (Å²) in [6, 6.07) is 3.90. The summed E-state index contributed by atoms with van der Waals surface area (Å²) in [5.41, 5.74) is 6.05. The minimum atomic E-state index is -1.07. The third-order valence-corrected chi connectivity index (χ3v) is 2.82. The number of ether oxygens (including phenoxy) is 2. The Morgan fingerprint density at radius 3 is 2.68 bits per heavy atom. The topological polar surface area (TPSA) is 81.8 Å². The van der Waals surface area contributed by atoms with Crippen molar-refractivity contribution in [3.05, 3.63) is 23.8 Å². The van der Waals surface area contributed by atoms with Crippen LogP contribution in [0, 0.1) is 0 Å². The fraction of sp³-hybridized carbons (Fsp3) is 0.500. The molecule has 0 spiro atoms. The number of hydrogen-bond donors (Lipinski definition) is 2. The maximum atomic E-state index is 10.8. The van der Waals surface area contributed by atoms with Crippen molar-refractivity contribution in [2.24, 2.45) is 5.73 Å². The van der Waals surface area contributed by atoms with Gasteiger partial charge in [-0.25, -0.2) is 0 Å². The highest BCUT2D eigenvalue weighted by Crippen LogP contribution is 2.30. The Bertz CT molecular complexity index is 420. The molecule has 0 radical (unpaired) electrons. The number of carboxylic acids is 1. The lowest BCUT2D eigenvalue weighted by Crippen LogP contribution is -2.20. The highest BCUT2D eigenvalue weighted by molar-refractivity contribution is 5.75. The van der Waals surface area contributed by atoms with Crippen LogP contribution in [0.1, 0.15) is 37.8 Å². The van der Waals surface area contributed by atoms with Crippen molar-refractivity contribution in [1.29, 1.82) is 0 Å². The second-order valence-electron chi connectivity index (χ2n) is 4.28. The van der Waals surface area contributed by atoms with Crippen LogP contribution in [0.5, 0.6) is 11.5 Å². The van der Waals surface area contributed by atoms with Gasteiger partial charge in [-0.3, -0.25) is 4.79 Å². The van der Waals surface area contributed by atoms with Crippen LogP contribution >= 0.6 is 0 Å². The highest BCUT2D eigenvalue weighted by Gasteiger charge is 2.16.